The molecule has 0 radical (unpaired) electrons. The summed E-state index contributed by atoms with van der Waals surface area (Å²) in [5.74, 6) is -0.365. The molecule has 0 aliphatic carbocycles. The zero-order valence-electron chi connectivity index (χ0n) is 17.5. The molecule has 0 bridgehead atoms. The topological polar surface area (TPSA) is 46.8 Å². The van der Waals surface area contributed by atoms with Crippen LogP contribution in [0.25, 0.3) is 11.3 Å². The minimum Gasteiger partial charge on any atom is -0.494 e. The van der Waals surface area contributed by atoms with Crippen molar-refractivity contribution >= 4 is 17.0 Å². The number of aliphatic hydroxyl groups is 1. The van der Waals surface area contributed by atoms with Crippen LogP contribution in [0.3, 0.4) is 0 Å². The molecule has 172 valence electrons. The van der Waals surface area contributed by atoms with Gasteiger partial charge in [0.25, 0.3) is 0 Å². The number of benzene rings is 2. The third-order valence-corrected chi connectivity index (χ3v) is 5.80. The smallest absolute Gasteiger partial charge is 0.416 e. The van der Waals surface area contributed by atoms with Crippen molar-refractivity contribution in [2.75, 3.05) is 13.7 Å². The molecule has 0 fully saturated rings. The first kappa shape index (κ1) is 24.0. The fraction of sp³-hybridized carbons (Fsp3) is 0.348. The number of hydrogen-bond acceptors (Lipinski definition) is 4. The van der Waals surface area contributed by atoms with Crippen molar-refractivity contribution in [1.29, 1.82) is 0 Å². The summed E-state index contributed by atoms with van der Waals surface area (Å²) in [4.78, 5) is 4.98. The van der Waals surface area contributed by atoms with Crippen molar-refractivity contribution in [2.24, 2.45) is 4.99 Å². The van der Waals surface area contributed by atoms with Gasteiger partial charge in [0.05, 0.1) is 24.1 Å². The van der Waals surface area contributed by atoms with Crippen LogP contribution in [0, 0.1) is 5.82 Å². The third-order valence-electron chi connectivity index (χ3n) is 4.93. The molecule has 0 saturated heterocycles. The molecule has 1 N–H and O–H groups in total. The van der Waals surface area contributed by atoms with E-state index in [1.165, 1.54) is 42.7 Å². The zero-order valence-corrected chi connectivity index (χ0v) is 18.3. The largest absolute Gasteiger partial charge is 0.494 e. The predicted molar refractivity (Wildman–Crippen MR) is 116 cm³/mol. The van der Waals surface area contributed by atoms with Crippen molar-refractivity contribution in [3.63, 3.8) is 0 Å². The Morgan fingerprint density at radius 1 is 1.06 bits per heavy atom. The second kappa shape index (κ2) is 10.8. The summed E-state index contributed by atoms with van der Waals surface area (Å²) in [7, 11) is 1.39. The van der Waals surface area contributed by atoms with Gasteiger partial charge in [-0.05, 0) is 49.2 Å². The van der Waals surface area contributed by atoms with Gasteiger partial charge in [-0.25, -0.2) is 9.38 Å². The first-order chi connectivity index (χ1) is 15.3. The molecule has 0 aliphatic rings. The number of ether oxygens (including phenoxy) is 1. The van der Waals surface area contributed by atoms with Crippen molar-refractivity contribution in [1.82, 2.24) is 4.57 Å². The van der Waals surface area contributed by atoms with E-state index in [0.717, 1.165) is 37.1 Å². The van der Waals surface area contributed by atoms with E-state index in [0.29, 0.717) is 23.3 Å². The molecule has 3 rings (SSSR count). The molecule has 0 amide bonds. The average molecular weight is 469 g/mol. The maximum Gasteiger partial charge on any atom is 0.416 e. The predicted octanol–water partition coefficient (Wildman–Crippen LogP) is 6.17. The summed E-state index contributed by atoms with van der Waals surface area (Å²) < 4.78 is 60.4. The molecule has 0 aliphatic heterocycles. The van der Waals surface area contributed by atoms with E-state index in [4.69, 9.17) is 9.84 Å². The summed E-state index contributed by atoms with van der Waals surface area (Å²) in [5.41, 5.74) is 0.788. The van der Waals surface area contributed by atoms with Crippen molar-refractivity contribution < 1.29 is 27.4 Å². The highest BCUT2D eigenvalue weighted by Gasteiger charge is 2.30. The highest BCUT2D eigenvalue weighted by molar-refractivity contribution is 7.07. The zero-order chi connectivity index (χ0) is 23.1. The lowest BCUT2D eigenvalue weighted by molar-refractivity contribution is -0.137. The monoisotopic (exact) mass is 468 g/mol. The van der Waals surface area contributed by atoms with E-state index >= 15 is 0 Å². The summed E-state index contributed by atoms with van der Waals surface area (Å²) in [6, 6.07) is 9.52. The fourth-order valence-electron chi connectivity index (χ4n) is 3.29. The number of nitrogens with zero attached hydrogens (tertiary/aromatic N) is 2. The van der Waals surface area contributed by atoms with E-state index in [1.54, 1.807) is 6.07 Å². The van der Waals surface area contributed by atoms with Crippen LogP contribution in [0.5, 0.6) is 5.75 Å². The number of methoxy groups -OCH3 is 1. The van der Waals surface area contributed by atoms with Crippen LogP contribution in [0.15, 0.2) is 52.8 Å². The number of unbranched alkanes of at least 4 members (excludes halogenated alkanes) is 3. The van der Waals surface area contributed by atoms with Crippen LogP contribution in [0.2, 0.25) is 0 Å². The molecular formula is C23H24F4N2O2S. The standard InChI is InChI=1S/C23H24F4N2O2S/c1-31-21-10-9-16(13-19(21)24)20-15-32-22(29(20)11-4-2-3-5-12-30)28-18-8-6-7-17(14-18)23(25,26)27/h6-10,13-15,30H,2-5,11-12H2,1H3. The SMILES string of the molecule is COc1ccc(-c2csc(=Nc3cccc(C(F)(F)F)c3)n2CCCCCCO)cc1F. The van der Waals surface area contributed by atoms with E-state index in [9.17, 15) is 17.6 Å². The number of aromatic nitrogens is 1. The summed E-state index contributed by atoms with van der Waals surface area (Å²) in [6.45, 7) is 0.702. The van der Waals surface area contributed by atoms with Gasteiger partial charge in [-0.1, -0.05) is 18.9 Å². The maximum absolute atomic E-state index is 14.3. The van der Waals surface area contributed by atoms with Crippen LogP contribution in [-0.2, 0) is 12.7 Å². The molecule has 32 heavy (non-hydrogen) atoms. The molecule has 9 heteroatoms. The molecule has 0 atom stereocenters. The van der Waals surface area contributed by atoms with Gasteiger partial charge in [-0.2, -0.15) is 13.2 Å². The lowest BCUT2D eigenvalue weighted by Gasteiger charge is -2.11. The Bertz CT molecular complexity index is 1110. The Morgan fingerprint density at radius 2 is 1.84 bits per heavy atom. The molecule has 0 spiro atoms. The minimum absolute atomic E-state index is 0.133. The highest BCUT2D eigenvalue weighted by atomic mass is 32.1. The molecular weight excluding hydrogens is 444 g/mol. The maximum atomic E-state index is 14.3. The first-order valence-corrected chi connectivity index (χ1v) is 11.1. The fourth-order valence-corrected chi connectivity index (χ4v) is 4.24. The summed E-state index contributed by atoms with van der Waals surface area (Å²) in [6.07, 6.45) is -1.20. The average Bonchev–Trinajstić information content (AvgIpc) is 3.15. The number of aliphatic hydroxyl groups excluding tert-OH is 1. The molecule has 3 aromatic rings. The van der Waals surface area contributed by atoms with Gasteiger partial charge >= 0.3 is 6.18 Å². The molecule has 1 aromatic heterocycles. The Morgan fingerprint density at radius 3 is 2.53 bits per heavy atom. The van der Waals surface area contributed by atoms with E-state index in [2.05, 4.69) is 4.99 Å². The quantitative estimate of drug-likeness (QED) is 0.302. The number of halogens is 4. The van der Waals surface area contributed by atoms with Crippen molar-refractivity contribution in [3.05, 3.63) is 64.0 Å². The third kappa shape index (κ3) is 5.98. The Kier molecular flexibility index (Phi) is 8.09. The van der Waals surface area contributed by atoms with Crippen LogP contribution in [0.1, 0.15) is 31.2 Å². The van der Waals surface area contributed by atoms with Gasteiger partial charge in [0.1, 0.15) is 0 Å². The Labute approximate surface area is 187 Å². The lowest BCUT2D eigenvalue weighted by atomic mass is 10.1. The van der Waals surface area contributed by atoms with Crippen molar-refractivity contribution in [2.45, 2.75) is 38.4 Å². The van der Waals surface area contributed by atoms with Gasteiger partial charge in [0, 0.05) is 24.1 Å². The van der Waals surface area contributed by atoms with E-state index < -0.39 is 17.6 Å². The first-order valence-electron chi connectivity index (χ1n) is 10.2. The number of thiazole rings is 1. The van der Waals surface area contributed by atoms with Gasteiger partial charge in [0.15, 0.2) is 16.4 Å². The van der Waals surface area contributed by atoms with Crippen LogP contribution in [0.4, 0.5) is 23.2 Å². The normalized spacial score (nSPS) is 12.4. The van der Waals surface area contributed by atoms with Crippen molar-refractivity contribution in [3.8, 4) is 17.0 Å². The Hall–Kier alpha value is -2.65. The van der Waals surface area contributed by atoms with Crippen LogP contribution in [-0.4, -0.2) is 23.4 Å². The van der Waals surface area contributed by atoms with Crippen LogP contribution >= 0.6 is 11.3 Å². The van der Waals surface area contributed by atoms with Gasteiger partial charge < -0.3 is 14.4 Å². The second-order valence-corrected chi connectivity index (χ2v) is 8.04. The molecule has 0 saturated carbocycles. The number of alkyl halides is 3. The lowest BCUT2D eigenvalue weighted by Crippen LogP contribution is -2.16. The minimum atomic E-state index is -4.45. The molecule has 2 aromatic carbocycles. The van der Waals surface area contributed by atoms with Gasteiger partial charge in [-0.15, -0.1) is 11.3 Å². The molecule has 1 heterocycles. The van der Waals surface area contributed by atoms with Gasteiger partial charge in [-0.3, -0.25) is 0 Å². The summed E-state index contributed by atoms with van der Waals surface area (Å²) in [5, 5.41) is 10.8. The summed E-state index contributed by atoms with van der Waals surface area (Å²) >= 11 is 1.28. The number of hydrogen-bond donors (Lipinski definition) is 1. The second-order valence-electron chi connectivity index (χ2n) is 7.20. The molecule has 4 nitrogen and oxygen atoms in total. The number of rotatable bonds is 9. The van der Waals surface area contributed by atoms with Gasteiger partial charge in [0.2, 0.25) is 0 Å². The van der Waals surface area contributed by atoms with E-state index in [1.807, 2.05) is 9.95 Å². The molecule has 0 unspecified atom stereocenters. The highest BCUT2D eigenvalue weighted by Crippen LogP contribution is 2.31. The van der Waals surface area contributed by atoms with Crippen LogP contribution < -0.4 is 9.54 Å². The Balaban J connectivity index is 2.00. The van der Waals surface area contributed by atoms with E-state index in [-0.39, 0.29) is 18.0 Å².